The van der Waals surface area contributed by atoms with E-state index in [0.29, 0.717) is 6.42 Å². The van der Waals surface area contributed by atoms with Crippen molar-refractivity contribution in [2.45, 2.75) is 12.5 Å². The number of halogens is 1. The lowest BCUT2D eigenvalue weighted by Crippen LogP contribution is -2.32. The van der Waals surface area contributed by atoms with E-state index in [4.69, 9.17) is 10.8 Å². The second-order valence-electron chi connectivity index (χ2n) is 3.90. The molecule has 6 heteroatoms. The molecule has 2 rings (SSSR count). The average Bonchev–Trinajstić information content (AvgIpc) is 2.82. The van der Waals surface area contributed by atoms with Crippen LogP contribution >= 0.6 is 15.9 Å². The van der Waals surface area contributed by atoms with Crippen LogP contribution in [-0.4, -0.2) is 26.7 Å². The van der Waals surface area contributed by atoms with Crippen molar-refractivity contribution in [3.05, 3.63) is 47.0 Å². The zero-order valence-electron chi connectivity index (χ0n) is 9.45. The van der Waals surface area contributed by atoms with Gasteiger partial charge in [0.25, 0.3) is 0 Å². The SMILES string of the molecule is NC(Cc1ccc(-n2ccnc2)c(Br)c1)C(=O)O. The molecular weight excluding hydrogens is 298 g/mol. The molecule has 1 aromatic carbocycles. The first-order valence-corrected chi connectivity index (χ1v) is 6.12. The van der Waals surface area contributed by atoms with E-state index < -0.39 is 12.0 Å². The van der Waals surface area contributed by atoms with Crippen LogP contribution in [0.15, 0.2) is 41.4 Å². The van der Waals surface area contributed by atoms with Gasteiger partial charge in [-0.05, 0) is 40.0 Å². The number of nitrogens with zero attached hydrogens (tertiary/aromatic N) is 2. The molecule has 2 aromatic rings. The number of imidazole rings is 1. The van der Waals surface area contributed by atoms with E-state index in [9.17, 15) is 4.79 Å². The Labute approximate surface area is 112 Å². The monoisotopic (exact) mass is 309 g/mol. The highest BCUT2D eigenvalue weighted by molar-refractivity contribution is 9.10. The van der Waals surface area contributed by atoms with Crippen molar-refractivity contribution in [2.24, 2.45) is 5.73 Å². The van der Waals surface area contributed by atoms with E-state index in [-0.39, 0.29) is 0 Å². The summed E-state index contributed by atoms with van der Waals surface area (Å²) in [5, 5.41) is 8.77. The maximum atomic E-state index is 10.7. The van der Waals surface area contributed by atoms with E-state index >= 15 is 0 Å². The zero-order valence-corrected chi connectivity index (χ0v) is 11.0. The Hall–Kier alpha value is -1.66. The van der Waals surface area contributed by atoms with Gasteiger partial charge in [0, 0.05) is 16.9 Å². The fourth-order valence-electron chi connectivity index (χ4n) is 1.63. The van der Waals surface area contributed by atoms with Crippen molar-refractivity contribution in [2.75, 3.05) is 0 Å². The molecule has 1 unspecified atom stereocenters. The summed E-state index contributed by atoms with van der Waals surface area (Å²) in [4.78, 5) is 14.7. The Morgan fingerprint density at radius 1 is 1.56 bits per heavy atom. The van der Waals surface area contributed by atoms with Gasteiger partial charge in [-0.25, -0.2) is 4.98 Å². The number of carboxylic acids is 1. The third-order valence-electron chi connectivity index (χ3n) is 2.57. The van der Waals surface area contributed by atoms with Crippen LogP contribution < -0.4 is 5.73 Å². The van der Waals surface area contributed by atoms with Crippen molar-refractivity contribution in [3.63, 3.8) is 0 Å². The fraction of sp³-hybridized carbons (Fsp3) is 0.167. The van der Waals surface area contributed by atoms with Crippen LogP contribution in [0.25, 0.3) is 5.69 Å². The van der Waals surface area contributed by atoms with Gasteiger partial charge in [-0.2, -0.15) is 0 Å². The van der Waals surface area contributed by atoms with Gasteiger partial charge in [0.15, 0.2) is 0 Å². The lowest BCUT2D eigenvalue weighted by Gasteiger charge is -2.10. The molecule has 0 saturated carbocycles. The molecule has 1 atom stereocenters. The summed E-state index contributed by atoms with van der Waals surface area (Å²) in [6.45, 7) is 0. The summed E-state index contributed by atoms with van der Waals surface area (Å²) < 4.78 is 2.74. The van der Waals surface area contributed by atoms with E-state index in [2.05, 4.69) is 20.9 Å². The Balaban J connectivity index is 2.23. The smallest absolute Gasteiger partial charge is 0.320 e. The van der Waals surface area contributed by atoms with Gasteiger partial charge in [-0.1, -0.05) is 6.07 Å². The summed E-state index contributed by atoms with van der Waals surface area (Å²) in [7, 11) is 0. The number of aliphatic carboxylic acids is 1. The number of hydrogen-bond acceptors (Lipinski definition) is 3. The summed E-state index contributed by atoms with van der Waals surface area (Å²) in [6.07, 6.45) is 5.53. The molecular formula is C12H12BrN3O2. The largest absolute Gasteiger partial charge is 0.480 e. The van der Waals surface area contributed by atoms with E-state index in [1.165, 1.54) is 0 Å². The zero-order chi connectivity index (χ0) is 13.1. The molecule has 0 aliphatic heterocycles. The predicted octanol–water partition coefficient (Wildman–Crippen LogP) is 1.59. The first kappa shape index (κ1) is 12.8. The molecule has 5 nitrogen and oxygen atoms in total. The summed E-state index contributed by atoms with van der Waals surface area (Å²) in [5.74, 6) is -0.996. The third kappa shape index (κ3) is 2.77. The maximum Gasteiger partial charge on any atom is 0.320 e. The molecule has 0 aliphatic rings. The number of aromatic nitrogens is 2. The van der Waals surface area contributed by atoms with Crippen LogP contribution in [0.1, 0.15) is 5.56 Å². The summed E-state index contributed by atoms with van der Waals surface area (Å²) >= 11 is 3.46. The lowest BCUT2D eigenvalue weighted by molar-refractivity contribution is -0.138. The molecule has 1 aromatic heterocycles. The van der Waals surface area contributed by atoms with Crippen LogP contribution in [0, 0.1) is 0 Å². The number of hydrogen-bond donors (Lipinski definition) is 2. The van der Waals surface area contributed by atoms with Gasteiger partial charge in [-0.15, -0.1) is 0 Å². The molecule has 94 valence electrons. The Kier molecular flexibility index (Phi) is 3.78. The van der Waals surface area contributed by atoms with Crippen molar-refractivity contribution in [1.29, 1.82) is 0 Å². The Morgan fingerprint density at radius 2 is 2.33 bits per heavy atom. The molecule has 1 heterocycles. The number of carbonyl (C=O) groups is 1. The van der Waals surface area contributed by atoms with E-state index in [1.807, 2.05) is 29.0 Å². The highest BCUT2D eigenvalue weighted by Crippen LogP contribution is 2.22. The number of benzene rings is 1. The van der Waals surface area contributed by atoms with Crippen molar-refractivity contribution >= 4 is 21.9 Å². The van der Waals surface area contributed by atoms with E-state index in [1.54, 1.807) is 12.5 Å². The lowest BCUT2D eigenvalue weighted by atomic mass is 10.1. The number of nitrogens with two attached hydrogens (primary N) is 1. The summed E-state index contributed by atoms with van der Waals surface area (Å²) in [6, 6.07) is 4.76. The van der Waals surface area contributed by atoms with Crippen molar-refractivity contribution in [3.8, 4) is 5.69 Å². The van der Waals surface area contributed by atoms with E-state index in [0.717, 1.165) is 15.7 Å². The van der Waals surface area contributed by atoms with Crippen molar-refractivity contribution < 1.29 is 9.90 Å². The average molecular weight is 310 g/mol. The highest BCUT2D eigenvalue weighted by Gasteiger charge is 2.13. The maximum absolute atomic E-state index is 10.7. The molecule has 0 bridgehead atoms. The molecule has 18 heavy (non-hydrogen) atoms. The van der Waals surface area contributed by atoms with Crippen molar-refractivity contribution in [1.82, 2.24) is 9.55 Å². The molecule has 0 spiro atoms. The van der Waals surface area contributed by atoms with Crippen LogP contribution in [0.5, 0.6) is 0 Å². The quantitative estimate of drug-likeness (QED) is 0.898. The van der Waals surface area contributed by atoms with Gasteiger partial charge in [0.05, 0.1) is 12.0 Å². The number of carboxylic acid groups (broad SMARTS) is 1. The normalized spacial score (nSPS) is 12.3. The highest BCUT2D eigenvalue weighted by atomic mass is 79.9. The second kappa shape index (κ2) is 5.32. The Bertz CT molecular complexity index is 554. The molecule has 3 N–H and O–H groups in total. The third-order valence-corrected chi connectivity index (χ3v) is 3.20. The fourth-order valence-corrected chi connectivity index (χ4v) is 2.26. The topological polar surface area (TPSA) is 81.1 Å². The van der Waals surface area contributed by atoms with Crippen LogP contribution in [-0.2, 0) is 11.2 Å². The van der Waals surface area contributed by atoms with Gasteiger partial charge in [-0.3, -0.25) is 4.79 Å². The minimum Gasteiger partial charge on any atom is -0.480 e. The van der Waals surface area contributed by atoms with Gasteiger partial charge in [0.1, 0.15) is 6.04 Å². The van der Waals surface area contributed by atoms with Crippen LogP contribution in [0.2, 0.25) is 0 Å². The molecule has 0 saturated heterocycles. The van der Waals surface area contributed by atoms with Gasteiger partial charge in [0.2, 0.25) is 0 Å². The standard InChI is InChI=1S/C12H12BrN3O2/c13-9-5-8(6-10(14)12(17)18)1-2-11(9)16-4-3-15-7-16/h1-5,7,10H,6,14H2,(H,17,18). The summed E-state index contributed by atoms with van der Waals surface area (Å²) in [5.41, 5.74) is 7.32. The minimum absolute atomic E-state index is 0.304. The minimum atomic E-state index is -0.996. The molecule has 0 fully saturated rings. The van der Waals surface area contributed by atoms with Crippen LogP contribution in [0.4, 0.5) is 0 Å². The van der Waals surface area contributed by atoms with Gasteiger partial charge < -0.3 is 15.4 Å². The van der Waals surface area contributed by atoms with Gasteiger partial charge >= 0.3 is 5.97 Å². The molecule has 0 radical (unpaired) electrons. The molecule has 0 aliphatic carbocycles. The first-order valence-electron chi connectivity index (χ1n) is 5.33. The van der Waals surface area contributed by atoms with Crippen LogP contribution in [0.3, 0.4) is 0 Å². The predicted molar refractivity (Wildman–Crippen MR) is 70.6 cm³/mol. The number of rotatable bonds is 4. The second-order valence-corrected chi connectivity index (χ2v) is 4.76. The first-order chi connectivity index (χ1) is 8.58. The Morgan fingerprint density at radius 3 is 2.89 bits per heavy atom. The molecule has 0 amide bonds.